The molecule has 0 N–H and O–H groups in total. The molecule has 23 heavy (non-hydrogen) atoms. The van der Waals surface area contributed by atoms with Crippen LogP contribution in [0.5, 0.6) is 0 Å². The molecule has 0 aromatic heterocycles. The van der Waals surface area contributed by atoms with Crippen LogP contribution >= 0.6 is 19.2 Å². The summed E-state index contributed by atoms with van der Waals surface area (Å²) >= 11 is 5.61. The summed E-state index contributed by atoms with van der Waals surface area (Å²) in [4.78, 5) is 11.8. The van der Waals surface area contributed by atoms with Crippen LogP contribution in [0.15, 0.2) is 0 Å². The maximum atomic E-state index is 13.2. The summed E-state index contributed by atoms with van der Waals surface area (Å²) in [6, 6.07) is 0. The Morgan fingerprint density at radius 2 is 1.52 bits per heavy atom. The highest BCUT2D eigenvalue weighted by molar-refractivity contribution is 7.54. The van der Waals surface area contributed by atoms with E-state index < -0.39 is 19.2 Å². The van der Waals surface area contributed by atoms with Crippen molar-refractivity contribution in [2.24, 2.45) is 0 Å². The van der Waals surface area contributed by atoms with E-state index in [1.807, 2.05) is 27.7 Å². The molecular formula is C16H30ClO5P. The fraction of sp³-hybridized carbons (Fsp3) is 0.938. The number of carbonyl (C=O) groups excluding carboxylic acids is 1. The van der Waals surface area contributed by atoms with Gasteiger partial charge in [-0.05, 0) is 53.4 Å². The van der Waals surface area contributed by atoms with E-state index in [1.54, 1.807) is 0 Å². The zero-order chi connectivity index (χ0) is 17.5. The van der Waals surface area contributed by atoms with Crippen molar-refractivity contribution in [2.75, 3.05) is 12.0 Å². The predicted octanol–water partition coefficient (Wildman–Crippen LogP) is 4.90. The van der Waals surface area contributed by atoms with Crippen molar-refractivity contribution in [3.05, 3.63) is 0 Å². The molecule has 7 heteroatoms. The molecule has 0 aliphatic heterocycles. The third-order valence-electron chi connectivity index (χ3n) is 3.68. The van der Waals surface area contributed by atoms with Crippen LogP contribution < -0.4 is 0 Å². The van der Waals surface area contributed by atoms with Gasteiger partial charge in [-0.1, -0.05) is 12.8 Å². The van der Waals surface area contributed by atoms with Crippen LogP contribution in [-0.2, 0) is 23.1 Å². The largest absolute Gasteiger partial charge is 0.457 e. The van der Waals surface area contributed by atoms with Gasteiger partial charge in [0, 0.05) is 0 Å². The summed E-state index contributed by atoms with van der Waals surface area (Å²) in [5.41, 5.74) is -0.804. The summed E-state index contributed by atoms with van der Waals surface area (Å²) < 4.78 is 30.2. The SMILES string of the molecule is CC(C)OP(=O)(CC1(OC(=O)CCl)CCCCCC1)OC(C)C. The van der Waals surface area contributed by atoms with Crippen molar-refractivity contribution >= 4 is 25.2 Å². The molecule has 0 atom stereocenters. The third-order valence-corrected chi connectivity index (χ3v) is 6.35. The van der Waals surface area contributed by atoms with Gasteiger partial charge in [-0.2, -0.15) is 0 Å². The van der Waals surface area contributed by atoms with Crippen molar-refractivity contribution in [1.29, 1.82) is 0 Å². The lowest BCUT2D eigenvalue weighted by Gasteiger charge is -2.36. The monoisotopic (exact) mass is 368 g/mol. The Morgan fingerprint density at radius 1 is 1.04 bits per heavy atom. The molecule has 0 bridgehead atoms. The first-order valence-electron chi connectivity index (χ1n) is 8.44. The second kappa shape index (κ2) is 9.41. The molecule has 5 nitrogen and oxygen atoms in total. The number of alkyl halides is 1. The summed E-state index contributed by atoms with van der Waals surface area (Å²) in [6.07, 6.45) is 5.00. The average molecular weight is 369 g/mol. The zero-order valence-corrected chi connectivity index (χ0v) is 16.3. The third kappa shape index (κ3) is 7.55. The van der Waals surface area contributed by atoms with Crippen molar-refractivity contribution in [2.45, 2.75) is 84.0 Å². The Labute approximate surface area is 144 Å². The van der Waals surface area contributed by atoms with E-state index >= 15 is 0 Å². The van der Waals surface area contributed by atoms with Crippen molar-refractivity contribution in [3.8, 4) is 0 Å². The first kappa shape index (κ1) is 21.0. The van der Waals surface area contributed by atoms with Gasteiger partial charge in [0.1, 0.15) is 11.5 Å². The van der Waals surface area contributed by atoms with E-state index in [9.17, 15) is 9.36 Å². The van der Waals surface area contributed by atoms with Gasteiger partial charge in [-0.15, -0.1) is 11.6 Å². The fourth-order valence-corrected chi connectivity index (χ4v) is 5.65. The lowest BCUT2D eigenvalue weighted by atomic mass is 9.96. The minimum atomic E-state index is -3.37. The molecule has 1 rings (SSSR count). The van der Waals surface area contributed by atoms with E-state index in [0.29, 0.717) is 12.8 Å². The Hall–Kier alpha value is -0.0900. The Morgan fingerprint density at radius 3 is 1.91 bits per heavy atom. The van der Waals surface area contributed by atoms with Gasteiger partial charge >= 0.3 is 13.6 Å². The van der Waals surface area contributed by atoms with Crippen molar-refractivity contribution in [3.63, 3.8) is 0 Å². The van der Waals surface area contributed by atoms with Crippen LogP contribution in [0, 0.1) is 0 Å². The second-order valence-corrected chi connectivity index (χ2v) is 9.01. The number of carbonyl (C=O) groups is 1. The molecule has 1 aliphatic rings. The fourth-order valence-electron chi connectivity index (χ4n) is 3.03. The quantitative estimate of drug-likeness (QED) is 0.264. The highest BCUT2D eigenvalue weighted by atomic mass is 35.5. The second-order valence-electron chi connectivity index (χ2n) is 6.78. The van der Waals surface area contributed by atoms with Crippen LogP contribution in [0.1, 0.15) is 66.2 Å². The highest BCUT2D eigenvalue weighted by Crippen LogP contribution is 2.55. The topological polar surface area (TPSA) is 61.8 Å². The molecule has 0 heterocycles. The first-order chi connectivity index (χ1) is 10.7. The normalized spacial score (nSPS) is 18.9. The molecule has 1 saturated carbocycles. The van der Waals surface area contributed by atoms with Crippen molar-refractivity contribution < 1.29 is 23.1 Å². The molecule has 0 aromatic carbocycles. The maximum Gasteiger partial charge on any atom is 0.335 e. The van der Waals surface area contributed by atoms with Gasteiger partial charge in [-0.3, -0.25) is 9.36 Å². The molecule has 0 saturated heterocycles. The minimum absolute atomic E-state index is 0.0962. The van der Waals surface area contributed by atoms with E-state index in [4.69, 9.17) is 25.4 Å². The lowest BCUT2D eigenvalue weighted by Crippen LogP contribution is -2.40. The number of esters is 1. The zero-order valence-electron chi connectivity index (χ0n) is 14.7. The van der Waals surface area contributed by atoms with Gasteiger partial charge in [0.05, 0.1) is 18.4 Å². The van der Waals surface area contributed by atoms with Crippen LogP contribution in [0.3, 0.4) is 0 Å². The Bertz CT molecular complexity index is 403. The molecule has 1 fully saturated rings. The molecule has 0 amide bonds. The van der Waals surface area contributed by atoms with Gasteiger partial charge in [0.2, 0.25) is 0 Å². The van der Waals surface area contributed by atoms with E-state index in [1.165, 1.54) is 0 Å². The lowest BCUT2D eigenvalue weighted by molar-refractivity contribution is -0.156. The van der Waals surface area contributed by atoms with Gasteiger partial charge in [0.15, 0.2) is 0 Å². The minimum Gasteiger partial charge on any atom is -0.457 e. The number of hydrogen-bond donors (Lipinski definition) is 0. The smallest absolute Gasteiger partial charge is 0.335 e. The van der Waals surface area contributed by atoms with Crippen molar-refractivity contribution in [1.82, 2.24) is 0 Å². The summed E-state index contributed by atoms with van der Waals surface area (Å²) in [6.45, 7) is 7.28. The summed E-state index contributed by atoms with van der Waals surface area (Å²) in [7, 11) is -3.37. The van der Waals surface area contributed by atoms with Crippen LogP contribution in [-0.4, -0.2) is 35.8 Å². The Kier molecular flexibility index (Phi) is 8.57. The molecule has 136 valence electrons. The average Bonchev–Trinajstić information content (AvgIpc) is 2.61. The van der Waals surface area contributed by atoms with Crippen LogP contribution in [0.4, 0.5) is 0 Å². The van der Waals surface area contributed by atoms with E-state index in [-0.39, 0.29) is 24.2 Å². The molecule has 0 radical (unpaired) electrons. The number of rotatable bonds is 8. The summed E-state index contributed by atoms with van der Waals surface area (Å²) in [5, 5.41) is 0. The van der Waals surface area contributed by atoms with Gasteiger partial charge in [-0.25, -0.2) is 0 Å². The number of ether oxygens (including phenoxy) is 1. The molecule has 0 unspecified atom stereocenters. The van der Waals surface area contributed by atoms with E-state index in [0.717, 1.165) is 25.7 Å². The van der Waals surface area contributed by atoms with Gasteiger partial charge in [0.25, 0.3) is 0 Å². The molecule has 0 aromatic rings. The number of hydrogen-bond acceptors (Lipinski definition) is 5. The predicted molar refractivity (Wildman–Crippen MR) is 92.2 cm³/mol. The van der Waals surface area contributed by atoms with E-state index in [2.05, 4.69) is 0 Å². The molecule has 0 spiro atoms. The Balaban J connectivity index is 3.02. The summed E-state index contributed by atoms with van der Waals surface area (Å²) in [5.74, 6) is -0.684. The first-order valence-corrected chi connectivity index (χ1v) is 10.7. The van der Waals surface area contributed by atoms with Crippen LogP contribution in [0.25, 0.3) is 0 Å². The molecule has 1 aliphatic carbocycles. The highest BCUT2D eigenvalue weighted by Gasteiger charge is 2.44. The van der Waals surface area contributed by atoms with Gasteiger partial charge < -0.3 is 13.8 Å². The number of halogens is 1. The maximum absolute atomic E-state index is 13.2. The standard InChI is InChI=1S/C16H30ClO5P/c1-13(2)21-23(19,22-14(3)4)12-16(20-15(18)11-17)9-7-5-6-8-10-16/h13-14H,5-12H2,1-4H3. The molecular weight excluding hydrogens is 339 g/mol. The van der Waals surface area contributed by atoms with Crippen LogP contribution in [0.2, 0.25) is 0 Å².